The first-order valence-electron chi connectivity index (χ1n) is 9.22. The van der Waals surface area contributed by atoms with Gasteiger partial charge in [0.15, 0.2) is 11.5 Å². The van der Waals surface area contributed by atoms with Crippen molar-refractivity contribution in [2.75, 3.05) is 7.11 Å². The van der Waals surface area contributed by atoms with Crippen molar-refractivity contribution in [1.29, 1.82) is 0 Å². The molecular formula is C23H20N2O4. The van der Waals surface area contributed by atoms with E-state index in [1.165, 1.54) is 7.11 Å². The standard InChI is InChI=1S/C23H20N2O4/c1-28-23-21(29-16-18-10-6-3-7-11-18)13-12-19-22(23)20(25(26)27)15-24(19)14-17-8-4-2-5-9-17/h2-13,15H,14,16H2,1H3. The van der Waals surface area contributed by atoms with Crippen LogP contribution in [0.4, 0.5) is 5.69 Å². The molecule has 0 spiro atoms. The first-order valence-corrected chi connectivity index (χ1v) is 9.22. The van der Waals surface area contributed by atoms with E-state index in [1.807, 2.05) is 71.3 Å². The van der Waals surface area contributed by atoms with Crippen molar-refractivity contribution in [2.24, 2.45) is 0 Å². The van der Waals surface area contributed by atoms with Gasteiger partial charge in [0.1, 0.15) is 12.0 Å². The molecule has 0 fully saturated rings. The highest BCUT2D eigenvalue weighted by Gasteiger charge is 2.24. The van der Waals surface area contributed by atoms with Crippen LogP contribution in [0.1, 0.15) is 11.1 Å². The molecule has 4 rings (SSSR count). The average molecular weight is 388 g/mol. The van der Waals surface area contributed by atoms with Gasteiger partial charge in [-0.25, -0.2) is 0 Å². The van der Waals surface area contributed by atoms with Crippen LogP contribution in [-0.2, 0) is 13.2 Å². The van der Waals surface area contributed by atoms with E-state index in [2.05, 4.69) is 0 Å². The van der Waals surface area contributed by atoms with Gasteiger partial charge in [-0.1, -0.05) is 60.7 Å². The Morgan fingerprint density at radius 2 is 1.59 bits per heavy atom. The van der Waals surface area contributed by atoms with Gasteiger partial charge in [-0.15, -0.1) is 0 Å². The summed E-state index contributed by atoms with van der Waals surface area (Å²) in [5.74, 6) is 0.848. The number of nitrogens with zero attached hydrogens (tertiary/aromatic N) is 2. The minimum absolute atomic E-state index is 0.00191. The van der Waals surface area contributed by atoms with E-state index in [4.69, 9.17) is 9.47 Å². The highest BCUT2D eigenvalue weighted by Crippen LogP contribution is 2.42. The zero-order valence-corrected chi connectivity index (χ0v) is 15.9. The first kappa shape index (κ1) is 18.6. The summed E-state index contributed by atoms with van der Waals surface area (Å²) >= 11 is 0. The Bertz CT molecular complexity index is 1140. The molecule has 6 nitrogen and oxygen atoms in total. The third-order valence-corrected chi connectivity index (χ3v) is 4.78. The second-order valence-corrected chi connectivity index (χ2v) is 6.65. The van der Waals surface area contributed by atoms with Crippen molar-refractivity contribution in [3.05, 3.63) is 100 Å². The lowest BCUT2D eigenvalue weighted by Crippen LogP contribution is -2.00. The van der Waals surface area contributed by atoms with Crippen LogP contribution >= 0.6 is 0 Å². The quantitative estimate of drug-likeness (QED) is 0.323. The summed E-state index contributed by atoms with van der Waals surface area (Å²) in [6.07, 6.45) is 1.56. The van der Waals surface area contributed by atoms with E-state index >= 15 is 0 Å². The molecule has 3 aromatic carbocycles. The van der Waals surface area contributed by atoms with Gasteiger partial charge in [-0.05, 0) is 23.3 Å². The summed E-state index contributed by atoms with van der Waals surface area (Å²) < 4.78 is 13.4. The number of hydrogen-bond acceptors (Lipinski definition) is 4. The van der Waals surface area contributed by atoms with Gasteiger partial charge in [0.25, 0.3) is 5.69 Å². The number of benzene rings is 3. The number of fused-ring (bicyclic) bond motifs is 1. The smallest absolute Gasteiger partial charge is 0.298 e. The van der Waals surface area contributed by atoms with Gasteiger partial charge in [0, 0.05) is 6.54 Å². The van der Waals surface area contributed by atoms with E-state index in [0.717, 1.165) is 16.6 Å². The van der Waals surface area contributed by atoms with Crippen LogP contribution in [0, 0.1) is 10.1 Å². The summed E-state index contributed by atoms with van der Waals surface area (Å²) in [6.45, 7) is 0.875. The largest absolute Gasteiger partial charge is 0.492 e. The van der Waals surface area contributed by atoms with Gasteiger partial charge < -0.3 is 14.0 Å². The molecule has 0 atom stereocenters. The van der Waals surface area contributed by atoms with Crippen molar-refractivity contribution in [2.45, 2.75) is 13.2 Å². The number of methoxy groups -OCH3 is 1. The maximum atomic E-state index is 11.7. The third kappa shape index (κ3) is 3.78. The molecule has 0 saturated carbocycles. The maximum Gasteiger partial charge on any atom is 0.298 e. The Morgan fingerprint density at radius 1 is 0.931 bits per heavy atom. The first-order chi connectivity index (χ1) is 14.2. The average Bonchev–Trinajstić information content (AvgIpc) is 3.12. The lowest BCUT2D eigenvalue weighted by Gasteiger charge is -2.12. The zero-order chi connectivity index (χ0) is 20.2. The molecule has 0 N–H and O–H groups in total. The molecule has 0 aliphatic carbocycles. The van der Waals surface area contributed by atoms with E-state index in [1.54, 1.807) is 12.3 Å². The van der Waals surface area contributed by atoms with Crippen molar-refractivity contribution < 1.29 is 14.4 Å². The van der Waals surface area contributed by atoms with Crippen molar-refractivity contribution >= 4 is 16.6 Å². The third-order valence-electron chi connectivity index (χ3n) is 4.78. The fourth-order valence-electron chi connectivity index (χ4n) is 3.42. The number of aromatic nitrogens is 1. The number of rotatable bonds is 7. The summed E-state index contributed by atoms with van der Waals surface area (Å²) in [5, 5.41) is 12.2. The van der Waals surface area contributed by atoms with E-state index < -0.39 is 0 Å². The number of hydrogen-bond donors (Lipinski definition) is 0. The van der Waals surface area contributed by atoms with Gasteiger partial charge in [0.2, 0.25) is 0 Å². The minimum atomic E-state index is -0.382. The molecule has 0 saturated heterocycles. The van der Waals surface area contributed by atoms with Gasteiger partial charge in [-0.3, -0.25) is 10.1 Å². The summed E-state index contributed by atoms with van der Waals surface area (Å²) in [7, 11) is 1.50. The highest BCUT2D eigenvalue weighted by molar-refractivity contribution is 5.97. The fourth-order valence-corrected chi connectivity index (χ4v) is 3.42. The highest BCUT2D eigenvalue weighted by atomic mass is 16.6. The predicted octanol–water partition coefficient (Wildman–Crippen LogP) is 5.19. The molecule has 0 amide bonds. The van der Waals surface area contributed by atoms with E-state index in [-0.39, 0.29) is 10.6 Å². The molecule has 0 radical (unpaired) electrons. The van der Waals surface area contributed by atoms with Crippen LogP contribution in [0.3, 0.4) is 0 Å². The zero-order valence-electron chi connectivity index (χ0n) is 15.9. The number of nitro groups is 1. The second-order valence-electron chi connectivity index (χ2n) is 6.65. The van der Waals surface area contributed by atoms with Crippen LogP contribution in [0.15, 0.2) is 79.0 Å². The lowest BCUT2D eigenvalue weighted by molar-refractivity contribution is -0.383. The molecular weight excluding hydrogens is 368 g/mol. The Labute approximate surface area is 168 Å². The molecule has 4 aromatic rings. The normalized spacial score (nSPS) is 10.8. The molecule has 1 heterocycles. The second kappa shape index (κ2) is 8.06. The van der Waals surface area contributed by atoms with Gasteiger partial charge >= 0.3 is 0 Å². The molecule has 0 bridgehead atoms. The summed E-state index contributed by atoms with van der Waals surface area (Å²) in [4.78, 5) is 11.4. The summed E-state index contributed by atoms with van der Waals surface area (Å²) in [5.41, 5.74) is 2.79. The Kier molecular flexibility index (Phi) is 5.16. The molecule has 0 aliphatic heterocycles. The topological polar surface area (TPSA) is 66.5 Å². The SMILES string of the molecule is COc1c(OCc2ccccc2)ccc2c1c([N+](=O)[O-])cn2Cc1ccccc1. The lowest BCUT2D eigenvalue weighted by atomic mass is 10.2. The molecule has 1 aromatic heterocycles. The molecule has 29 heavy (non-hydrogen) atoms. The van der Waals surface area contributed by atoms with Crippen LogP contribution in [-0.4, -0.2) is 16.6 Å². The van der Waals surface area contributed by atoms with Crippen LogP contribution in [0.5, 0.6) is 11.5 Å². The summed E-state index contributed by atoms with van der Waals surface area (Å²) in [6, 6.07) is 23.2. The Balaban J connectivity index is 1.76. The van der Waals surface area contributed by atoms with E-state index in [9.17, 15) is 10.1 Å². The van der Waals surface area contributed by atoms with Crippen molar-refractivity contribution in [3.8, 4) is 11.5 Å². The van der Waals surface area contributed by atoms with Gasteiger partial charge in [0.05, 0.1) is 23.7 Å². The molecule has 146 valence electrons. The monoisotopic (exact) mass is 388 g/mol. The van der Waals surface area contributed by atoms with Crippen LogP contribution in [0.2, 0.25) is 0 Å². The fraction of sp³-hybridized carbons (Fsp3) is 0.130. The minimum Gasteiger partial charge on any atom is -0.492 e. The van der Waals surface area contributed by atoms with Crippen LogP contribution in [0.25, 0.3) is 10.9 Å². The van der Waals surface area contributed by atoms with Gasteiger partial charge in [-0.2, -0.15) is 0 Å². The van der Waals surface area contributed by atoms with Crippen molar-refractivity contribution in [3.63, 3.8) is 0 Å². The molecule has 0 unspecified atom stereocenters. The predicted molar refractivity (Wildman–Crippen MR) is 111 cm³/mol. The molecule has 6 heteroatoms. The maximum absolute atomic E-state index is 11.7. The molecule has 0 aliphatic rings. The van der Waals surface area contributed by atoms with Crippen molar-refractivity contribution in [1.82, 2.24) is 4.57 Å². The van der Waals surface area contributed by atoms with E-state index in [0.29, 0.717) is 30.0 Å². The Morgan fingerprint density at radius 3 is 2.21 bits per heavy atom. The van der Waals surface area contributed by atoms with Crippen LogP contribution < -0.4 is 9.47 Å². The number of ether oxygens (including phenoxy) is 2. The Hall–Kier alpha value is -3.80.